The number of aryl methyl sites for hydroxylation is 3. The molecular formula is C49H40OS. The van der Waals surface area contributed by atoms with Crippen molar-refractivity contribution in [2.45, 2.75) is 20.8 Å². The summed E-state index contributed by atoms with van der Waals surface area (Å²) in [5, 5.41) is 12.1. The summed E-state index contributed by atoms with van der Waals surface area (Å²) < 4.78 is 5.51. The van der Waals surface area contributed by atoms with Gasteiger partial charge in [-0.2, -0.15) is 11.3 Å². The Kier molecular flexibility index (Phi) is 10.3. The molecule has 0 atom stereocenters. The van der Waals surface area contributed by atoms with Crippen LogP contribution in [0.2, 0.25) is 0 Å². The van der Waals surface area contributed by atoms with Crippen LogP contribution in [0.3, 0.4) is 0 Å². The summed E-state index contributed by atoms with van der Waals surface area (Å²) in [4.78, 5) is 0. The van der Waals surface area contributed by atoms with Gasteiger partial charge in [0.05, 0.1) is 6.26 Å². The van der Waals surface area contributed by atoms with Gasteiger partial charge >= 0.3 is 0 Å². The van der Waals surface area contributed by atoms with E-state index in [0.717, 1.165) is 5.76 Å². The molecule has 0 radical (unpaired) electrons. The van der Waals surface area contributed by atoms with Crippen molar-refractivity contribution in [2.24, 2.45) is 0 Å². The third-order valence-electron chi connectivity index (χ3n) is 9.28. The van der Waals surface area contributed by atoms with Crippen molar-refractivity contribution in [1.29, 1.82) is 0 Å². The van der Waals surface area contributed by atoms with Crippen LogP contribution in [0.1, 0.15) is 27.8 Å². The normalized spacial score (nSPS) is 11.0. The van der Waals surface area contributed by atoms with Gasteiger partial charge < -0.3 is 4.42 Å². The van der Waals surface area contributed by atoms with Crippen LogP contribution in [-0.4, -0.2) is 0 Å². The zero-order chi connectivity index (χ0) is 35.0. The van der Waals surface area contributed by atoms with E-state index in [-0.39, 0.29) is 0 Å². The molecule has 0 amide bonds. The maximum Gasteiger partial charge on any atom is 0.134 e. The predicted molar refractivity (Wildman–Crippen MR) is 222 cm³/mol. The van der Waals surface area contributed by atoms with Gasteiger partial charge in [-0.1, -0.05) is 152 Å². The molecular weight excluding hydrogens is 637 g/mol. The van der Waals surface area contributed by atoms with Crippen LogP contribution in [0, 0.1) is 20.8 Å². The Morgan fingerprint density at radius 2 is 1.00 bits per heavy atom. The lowest BCUT2D eigenvalue weighted by Crippen LogP contribution is -1.84. The van der Waals surface area contributed by atoms with E-state index in [1.807, 2.05) is 18.2 Å². The second-order valence-electron chi connectivity index (χ2n) is 12.7. The van der Waals surface area contributed by atoms with Crippen molar-refractivity contribution < 1.29 is 4.42 Å². The third kappa shape index (κ3) is 7.62. The van der Waals surface area contributed by atoms with Crippen LogP contribution in [-0.2, 0) is 0 Å². The summed E-state index contributed by atoms with van der Waals surface area (Å²) in [5.41, 5.74) is 10.3. The Labute approximate surface area is 304 Å². The van der Waals surface area contributed by atoms with Crippen LogP contribution in [0.25, 0.3) is 66.9 Å². The third-order valence-corrected chi connectivity index (χ3v) is 9.97. The first-order valence-electron chi connectivity index (χ1n) is 17.3. The number of thiophene rings is 1. The Hall–Kier alpha value is -5.96. The zero-order valence-corrected chi connectivity index (χ0v) is 30.0. The average molecular weight is 677 g/mol. The monoisotopic (exact) mass is 676 g/mol. The topological polar surface area (TPSA) is 13.1 Å². The number of hydrogen-bond acceptors (Lipinski definition) is 2. The lowest BCUT2D eigenvalue weighted by atomic mass is 9.96. The molecule has 0 N–H and O–H groups in total. The predicted octanol–water partition coefficient (Wildman–Crippen LogP) is 14.6. The second kappa shape index (κ2) is 15.7. The summed E-state index contributed by atoms with van der Waals surface area (Å²) in [6.45, 7) is 6.46. The van der Waals surface area contributed by atoms with Crippen molar-refractivity contribution >= 4 is 55.8 Å². The van der Waals surface area contributed by atoms with Crippen LogP contribution >= 0.6 is 11.3 Å². The molecule has 51 heavy (non-hydrogen) atoms. The molecule has 0 unspecified atom stereocenters. The lowest BCUT2D eigenvalue weighted by Gasteiger charge is -2.08. The van der Waals surface area contributed by atoms with E-state index >= 15 is 0 Å². The molecule has 0 saturated heterocycles. The van der Waals surface area contributed by atoms with Gasteiger partial charge in [-0.3, -0.25) is 0 Å². The first kappa shape index (κ1) is 33.5. The highest BCUT2D eigenvalue weighted by molar-refractivity contribution is 7.08. The molecule has 1 nitrogen and oxygen atoms in total. The van der Waals surface area contributed by atoms with Gasteiger partial charge in [-0.15, -0.1) is 0 Å². The molecule has 9 rings (SSSR count). The molecule has 9 aromatic rings. The highest BCUT2D eigenvalue weighted by Crippen LogP contribution is 2.34. The maximum absolute atomic E-state index is 5.51. The minimum Gasteiger partial charge on any atom is -0.464 e. The standard InChI is InChI=1S/C19H16.C15H12O.C15H12S/c1-15-11-13-17-9-5-6-10-19(17)18(15)14-12-16-7-3-2-4-8-16;1-11-8-9-12-5-2-3-6-13(12)15(11)14-7-4-10-16-14;1-11-6-7-12-4-2-3-5-14(12)15(11)13-8-9-16-10-13/h2-14H,1H3;2*2-10H,1H3/b14-12+;;. The van der Waals surface area contributed by atoms with Gasteiger partial charge in [0.2, 0.25) is 0 Å². The first-order valence-corrected chi connectivity index (χ1v) is 18.3. The van der Waals surface area contributed by atoms with Crippen LogP contribution in [0.4, 0.5) is 0 Å². The van der Waals surface area contributed by atoms with Crippen LogP contribution in [0.15, 0.2) is 179 Å². The van der Waals surface area contributed by atoms with Crippen molar-refractivity contribution in [2.75, 3.05) is 0 Å². The molecule has 2 heterocycles. The van der Waals surface area contributed by atoms with E-state index in [2.05, 4.69) is 183 Å². The molecule has 7 aromatic carbocycles. The molecule has 0 fully saturated rings. The molecule has 248 valence electrons. The van der Waals surface area contributed by atoms with Crippen molar-refractivity contribution in [1.82, 2.24) is 0 Å². The largest absolute Gasteiger partial charge is 0.464 e. The van der Waals surface area contributed by atoms with Gasteiger partial charge in [0.1, 0.15) is 5.76 Å². The Morgan fingerprint density at radius 3 is 1.61 bits per heavy atom. The molecule has 0 aliphatic carbocycles. The van der Waals surface area contributed by atoms with Gasteiger partial charge in [-0.25, -0.2) is 0 Å². The van der Waals surface area contributed by atoms with Gasteiger partial charge in [0, 0.05) is 5.56 Å². The summed E-state index contributed by atoms with van der Waals surface area (Å²) in [6.07, 6.45) is 6.11. The van der Waals surface area contributed by atoms with E-state index in [1.165, 1.54) is 76.8 Å². The van der Waals surface area contributed by atoms with Gasteiger partial charge in [0.15, 0.2) is 0 Å². The summed E-state index contributed by atoms with van der Waals surface area (Å²) in [6, 6.07) is 55.1. The van der Waals surface area contributed by atoms with E-state index in [1.54, 1.807) is 17.6 Å². The fourth-order valence-corrected chi connectivity index (χ4v) is 7.32. The number of furan rings is 1. The van der Waals surface area contributed by atoms with Crippen molar-refractivity contribution in [3.05, 3.63) is 203 Å². The molecule has 0 aliphatic rings. The fourth-order valence-electron chi connectivity index (χ4n) is 6.67. The van der Waals surface area contributed by atoms with E-state index < -0.39 is 0 Å². The van der Waals surface area contributed by atoms with Crippen LogP contribution in [0.5, 0.6) is 0 Å². The number of benzene rings is 7. The number of fused-ring (bicyclic) bond motifs is 3. The molecule has 2 aromatic heterocycles. The van der Waals surface area contributed by atoms with Gasteiger partial charge in [0.25, 0.3) is 0 Å². The minimum atomic E-state index is 0.939. The Balaban J connectivity index is 0.000000120. The average Bonchev–Trinajstić information content (AvgIpc) is 3.91. The quantitative estimate of drug-likeness (QED) is 0.169. The van der Waals surface area contributed by atoms with E-state index in [4.69, 9.17) is 4.42 Å². The molecule has 0 spiro atoms. The molecule has 0 aliphatic heterocycles. The lowest BCUT2D eigenvalue weighted by molar-refractivity contribution is 0.582. The summed E-state index contributed by atoms with van der Waals surface area (Å²) >= 11 is 1.75. The summed E-state index contributed by atoms with van der Waals surface area (Å²) in [7, 11) is 0. The van der Waals surface area contributed by atoms with Crippen molar-refractivity contribution in [3.8, 4) is 22.5 Å². The molecule has 0 saturated carbocycles. The minimum absolute atomic E-state index is 0.939. The maximum atomic E-state index is 5.51. The van der Waals surface area contributed by atoms with Crippen molar-refractivity contribution in [3.63, 3.8) is 0 Å². The molecule has 2 heteroatoms. The Morgan fingerprint density at radius 1 is 0.451 bits per heavy atom. The summed E-state index contributed by atoms with van der Waals surface area (Å²) in [5.74, 6) is 0.939. The first-order chi connectivity index (χ1) is 25.1. The zero-order valence-electron chi connectivity index (χ0n) is 29.2. The van der Waals surface area contributed by atoms with E-state index in [0.29, 0.717) is 0 Å². The highest BCUT2D eigenvalue weighted by Gasteiger charge is 2.09. The number of hydrogen-bond donors (Lipinski definition) is 0. The highest BCUT2D eigenvalue weighted by atomic mass is 32.1. The fraction of sp³-hybridized carbons (Fsp3) is 0.0612. The van der Waals surface area contributed by atoms with Gasteiger partial charge in [-0.05, 0) is 121 Å². The Bertz CT molecular complexity index is 2420. The van der Waals surface area contributed by atoms with E-state index in [9.17, 15) is 0 Å². The van der Waals surface area contributed by atoms with Crippen LogP contribution < -0.4 is 0 Å². The molecule has 0 bridgehead atoms. The second-order valence-corrected chi connectivity index (χ2v) is 13.5. The SMILES string of the molecule is Cc1ccc2ccccc2c1-c1ccco1.Cc1ccc2ccccc2c1-c1ccsc1.Cc1ccc2ccccc2c1/C=C/c1ccccc1. The smallest absolute Gasteiger partial charge is 0.134 e. The number of rotatable bonds is 4.